The van der Waals surface area contributed by atoms with Crippen LogP contribution in [0.25, 0.3) is 0 Å². The number of nitrogens with one attached hydrogen (secondary N) is 1. The van der Waals surface area contributed by atoms with Crippen LogP contribution in [-0.2, 0) is 0 Å². The Morgan fingerprint density at radius 2 is 1.48 bits per heavy atom. The van der Waals surface area contributed by atoms with Crippen molar-refractivity contribution in [3.05, 3.63) is 17.7 Å². The Kier molecular flexibility index (Phi) is 11.3. The van der Waals surface area contributed by atoms with E-state index in [1.54, 1.807) is 21.3 Å². The Bertz CT molecular complexity index is 511. The van der Waals surface area contributed by atoms with Gasteiger partial charge in [-0.2, -0.15) is 0 Å². The summed E-state index contributed by atoms with van der Waals surface area (Å²) in [6.07, 6.45) is 1.12. The molecule has 0 bridgehead atoms. The van der Waals surface area contributed by atoms with Crippen LogP contribution in [0.3, 0.4) is 0 Å². The second-order valence-corrected chi connectivity index (χ2v) is 6.07. The number of halogens is 2. The van der Waals surface area contributed by atoms with Crippen LogP contribution in [0.2, 0.25) is 0 Å². The van der Waals surface area contributed by atoms with Gasteiger partial charge in [0.15, 0.2) is 11.5 Å². The van der Waals surface area contributed by atoms with Crippen LogP contribution >= 0.6 is 24.8 Å². The van der Waals surface area contributed by atoms with Gasteiger partial charge >= 0.3 is 0 Å². The maximum atomic E-state index is 5.68. The van der Waals surface area contributed by atoms with E-state index in [-0.39, 0.29) is 24.8 Å². The van der Waals surface area contributed by atoms with Crippen LogP contribution < -0.4 is 19.5 Å². The first kappa shape index (κ1) is 24.1. The summed E-state index contributed by atoms with van der Waals surface area (Å²) >= 11 is 0. The SMILES string of the molecule is CCC(C)[C@@H](c1cc(OC)c(OC)cc1OC)N1CCNCC1.Cl.Cl. The molecule has 1 aliphatic heterocycles. The third-order valence-electron chi connectivity index (χ3n) is 4.78. The van der Waals surface area contributed by atoms with Gasteiger partial charge in [-0.15, -0.1) is 24.8 Å². The van der Waals surface area contributed by atoms with Crippen molar-refractivity contribution in [1.29, 1.82) is 0 Å². The molecule has 1 aromatic rings. The van der Waals surface area contributed by atoms with Crippen molar-refractivity contribution in [2.24, 2.45) is 5.92 Å². The number of rotatable bonds is 7. The van der Waals surface area contributed by atoms with Crippen molar-refractivity contribution < 1.29 is 14.2 Å². The average Bonchev–Trinajstić information content (AvgIpc) is 2.62. The fourth-order valence-electron chi connectivity index (χ4n) is 3.33. The summed E-state index contributed by atoms with van der Waals surface area (Å²) in [5, 5.41) is 3.43. The molecule has 0 saturated carbocycles. The quantitative estimate of drug-likeness (QED) is 0.765. The number of hydrogen-bond acceptors (Lipinski definition) is 5. The smallest absolute Gasteiger partial charge is 0.164 e. The van der Waals surface area contributed by atoms with Gasteiger partial charge in [-0.25, -0.2) is 0 Å². The molecule has 25 heavy (non-hydrogen) atoms. The van der Waals surface area contributed by atoms with Gasteiger partial charge in [-0.3, -0.25) is 4.90 Å². The minimum absolute atomic E-state index is 0. The second kappa shape index (κ2) is 11.7. The van der Waals surface area contributed by atoms with Gasteiger partial charge in [-0.1, -0.05) is 20.3 Å². The summed E-state index contributed by atoms with van der Waals surface area (Å²) in [4.78, 5) is 2.55. The van der Waals surface area contributed by atoms with E-state index in [4.69, 9.17) is 14.2 Å². The van der Waals surface area contributed by atoms with Gasteiger partial charge in [0.2, 0.25) is 0 Å². The molecule has 146 valence electrons. The molecule has 2 rings (SSSR count). The summed E-state index contributed by atoms with van der Waals surface area (Å²) in [7, 11) is 5.05. The Balaban J connectivity index is 0.00000288. The van der Waals surface area contributed by atoms with Crippen LogP contribution in [-0.4, -0.2) is 52.4 Å². The lowest BCUT2D eigenvalue weighted by atomic mass is 9.89. The van der Waals surface area contributed by atoms with Crippen LogP contribution in [0.1, 0.15) is 31.9 Å². The first-order chi connectivity index (χ1) is 11.2. The Labute approximate surface area is 164 Å². The van der Waals surface area contributed by atoms with E-state index in [1.165, 1.54) is 5.56 Å². The van der Waals surface area contributed by atoms with Crippen LogP contribution in [0, 0.1) is 5.92 Å². The zero-order chi connectivity index (χ0) is 16.8. The lowest BCUT2D eigenvalue weighted by Crippen LogP contribution is -2.46. The maximum Gasteiger partial charge on any atom is 0.164 e. The van der Waals surface area contributed by atoms with Crippen molar-refractivity contribution in [1.82, 2.24) is 10.2 Å². The first-order valence-corrected chi connectivity index (χ1v) is 8.40. The normalized spacial score (nSPS) is 16.8. The topological polar surface area (TPSA) is 43.0 Å². The molecule has 5 nitrogen and oxygen atoms in total. The maximum absolute atomic E-state index is 5.68. The highest BCUT2D eigenvalue weighted by atomic mass is 35.5. The lowest BCUT2D eigenvalue weighted by Gasteiger charge is -2.39. The molecule has 0 spiro atoms. The molecule has 1 fully saturated rings. The van der Waals surface area contributed by atoms with E-state index in [0.717, 1.165) is 44.1 Å². The van der Waals surface area contributed by atoms with Crippen LogP contribution in [0.4, 0.5) is 0 Å². The van der Waals surface area contributed by atoms with Gasteiger partial charge in [0.25, 0.3) is 0 Å². The van der Waals surface area contributed by atoms with Crippen molar-refractivity contribution in [3.8, 4) is 17.2 Å². The van der Waals surface area contributed by atoms with Gasteiger partial charge in [0.1, 0.15) is 5.75 Å². The molecule has 1 unspecified atom stereocenters. The molecule has 0 amide bonds. The van der Waals surface area contributed by atoms with E-state index in [0.29, 0.717) is 17.7 Å². The van der Waals surface area contributed by atoms with E-state index < -0.39 is 0 Å². The Morgan fingerprint density at radius 3 is 1.96 bits per heavy atom. The molecule has 1 heterocycles. The fourth-order valence-corrected chi connectivity index (χ4v) is 3.33. The molecule has 1 aliphatic rings. The number of hydrogen-bond donors (Lipinski definition) is 1. The predicted molar refractivity (Wildman–Crippen MR) is 107 cm³/mol. The Hall–Kier alpha value is -0.880. The molecule has 1 aromatic carbocycles. The summed E-state index contributed by atoms with van der Waals surface area (Å²) < 4.78 is 16.6. The van der Waals surface area contributed by atoms with Gasteiger partial charge < -0.3 is 19.5 Å². The summed E-state index contributed by atoms with van der Waals surface area (Å²) in [6.45, 7) is 8.71. The largest absolute Gasteiger partial charge is 0.496 e. The van der Waals surface area contributed by atoms with Crippen molar-refractivity contribution in [3.63, 3.8) is 0 Å². The first-order valence-electron chi connectivity index (χ1n) is 8.40. The third kappa shape index (κ3) is 5.55. The summed E-state index contributed by atoms with van der Waals surface area (Å²) in [6, 6.07) is 4.33. The van der Waals surface area contributed by atoms with E-state index >= 15 is 0 Å². The second-order valence-electron chi connectivity index (χ2n) is 6.07. The van der Waals surface area contributed by atoms with Crippen molar-refractivity contribution in [2.45, 2.75) is 26.3 Å². The molecule has 2 atom stereocenters. The number of methoxy groups -OCH3 is 3. The minimum atomic E-state index is 0. The van der Waals surface area contributed by atoms with Crippen LogP contribution in [0.5, 0.6) is 17.2 Å². The number of nitrogens with zero attached hydrogens (tertiary/aromatic N) is 1. The minimum Gasteiger partial charge on any atom is -0.496 e. The predicted octanol–water partition coefficient (Wildman–Crippen LogP) is 3.55. The molecule has 0 radical (unpaired) electrons. The molecular weight excluding hydrogens is 363 g/mol. The zero-order valence-electron chi connectivity index (χ0n) is 15.8. The highest BCUT2D eigenvalue weighted by Gasteiger charge is 2.30. The highest BCUT2D eigenvalue weighted by Crippen LogP contribution is 2.42. The van der Waals surface area contributed by atoms with Gasteiger partial charge in [0, 0.05) is 43.9 Å². The van der Waals surface area contributed by atoms with Crippen molar-refractivity contribution >= 4 is 24.8 Å². The van der Waals surface area contributed by atoms with E-state index in [9.17, 15) is 0 Å². The standard InChI is InChI=1S/C18H30N2O3.2ClH/c1-6-13(2)18(20-9-7-19-8-10-20)14-11-16(22-4)17(23-5)12-15(14)21-3;;/h11-13,18-19H,6-10H2,1-5H3;2*1H/t13?,18-;;/m0../s1. The molecule has 0 aliphatic carbocycles. The zero-order valence-corrected chi connectivity index (χ0v) is 17.5. The fraction of sp³-hybridized carbons (Fsp3) is 0.667. The summed E-state index contributed by atoms with van der Waals surface area (Å²) in [5.74, 6) is 2.86. The molecule has 7 heteroatoms. The van der Waals surface area contributed by atoms with E-state index in [1.807, 2.05) is 6.07 Å². The molecule has 1 N–H and O–H groups in total. The lowest BCUT2D eigenvalue weighted by molar-refractivity contribution is 0.125. The van der Waals surface area contributed by atoms with E-state index in [2.05, 4.69) is 30.1 Å². The molecular formula is C18H32Cl2N2O3. The monoisotopic (exact) mass is 394 g/mol. The van der Waals surface area contributed by atoms with Crippen molar-refractivity contribution in [2.75, 3.05) is 47.5 Å². The third-order valence-corrected chi connectivity index (χ3v) is 4.78. The average molecular weight is 395 g/mol. The summed E-state index contributed by atoms with van der Waals surface area (Å²) in [5.41, 5.74) is 1.18. The van der Waals surface area contributed by atoms with Gasteiger partial charge in [-0.05, 0) is 12.0 Å². The number of ether oxygens (including phenoxy) is 3. The van der Waals surface area contributed by atoms with Gasteiger partial charge in [0.05, 0.1) is 21.3 Å². The number of benzene rings is 1. The Morgan fingerprint density at radius 1 is 0.960 bits per heavy atom. The highest BCUT2D eigenvalue weighted by molar-refractivity contribution is 5.85. The molecule has 0 aromatic heterocycles. The van der Waals surface area contributed by atoms with Crippen LogP contribution in [0.15, 0.2) is 12.1 Å². The molecule has 1 saturated heterocycles. The number of piperazine rings is 1.